The Kier molecular flexibility index (Phi) is 10.7. The average molecular weight is 360 g/mol. The van der Waals surface area contributed by atoms with E-state index in [9.17, 15) is 5.11 Å². The van der Waals surface area contributed by atoms with Crippen LogP contribution in [0.3, 0.4) is 0 Å². The van der Waals surface area contributed by atoms with Gasteiger partial charge in [-0.05, 0) is 74.1 Å². The molecule has 1 aromatic carbocycles. The molecule has 0 aliphatic heterocycles. The third-order valence-corrected chi connectivity index (χ3v) is 5.51. The first-order valence-electron chi connectivity index (χ1n) is 10.5. The minimum Gasteiger partial charge on any atom is -0.513 e. The molecule has 1 aliphatic rings. The van der Waals surface area contributed by atoms with Gasteiger partial charge in [0.15, 0.2) is 0 Å². The Morgan fingerprint density at radius 2 is 1.85 bits per heavy atom. The maximum atomic E-state index is 9.39. The van der Waals surface area contributed by atoms with E-state index in [1.807, 2.05) is 7.05 Å². The van der Waals surface area contributed by atoms with E-state index in [2.05, 4.69) is 63.9 Å². The highest BCUT2D eigenvalue weighted by molar-refractivity contribution is 5.27. The van der Waals surface area contributed by atoms with Crippen molar-refractivity contribution in [1.29, 1.82) is 0 Å². The molecule has 148 valence electrons. The highest BCUT2D eigenvalue weighted by Crippen LogP contribution is 2.38. The molecule has 0 spiro atoms. The predicted octanol–water partition coefficient (Wildman–Crippen LogP) is 6.80. The van der Waals surface area contributed by atoms with Crippen molar-refractivity contribution in [2.45, 2.75) is 78.1 Å². The first kappa shape index (κ1) is 22.8. The van der Waals surface area contributed by atoms with E-state index >= 15 is 0 Å². The summed E-state index contributed by atoms with van der Waals surface area (Å²) >= 11 is 0. The van der Waals surface area contributed by atoms with E-state index in [0.29, 0.717) is 23.5 Å². The second-order valence-corrected chi connectivity index (χ2v) is 8.43. The minimum absolute atomic E-state index is 0.350. The molecule has 2 rings (SSSR count). The van der Waals surface area contributed by atoms with Crippen LogP contribution in [0.15, 0.2) is 36.6 Å². The molecule has 0 amide bonds. The Balaban J connectivity index is 0.000000487. The van der Waals surface area contributed by atoms with Gasteiger partial charge in [0.2, 0.25) is 0 Å². The van der Waals surface area contributed by atoms with Gasteiger partial charge >= 0.3 is 0 Å². The molecule has 1 aromatic rings. The lowest BCUT2D eigenvalue weighted by atomic mass is 9.76. The Morgan fingerprint density at radius 3 is 2.31 bits per heavy atom. The molecule has 0 radical (unpaired) electrons. The minimum atomic E-state index is 0.350. The molecular weight excluding hydrogens is 318 g/mol. The van der Waals surface area contributed by atoms with Gasteiger partial charge in [0.1, 0.15) is 0 Å². The van der Waals surface area contributed by atoms with Gasteiger partial charge in [0.25, 0.3) is 0 Å². The lowest BCUT2D eigenvalue weighted by Crippen LogP contribution is -2.15. The van der Waals surface area contributed by atoms with E-state index in [0.717, 1.165) is 18.9 Å². The summed E-state index contributed by atoms with van der Waals surface area (Å²) < 4.78 is 0. The van der Waals surface area contributed by atoms with Crippen molar-refractivity contribution in [2.24, 2.45) is 11.8 Å². The van der Waals surface area contributed by atoms with Gasteiger partial charge in [0.05, 0.1) is 5.76 Å². The van der Waals surface area contributed by atoms with Crippen LogP contribution in [0.5, 0.6) is 0 Å². The molecule has 2 N–H and O–H groups in total. The van der Waals surface area contributed by atoms with Crippen molar-refractivity contribution >= 4 is 0 Å². The Morgan fingerprint density at radius 1 is 1.19 bits per heavy atom. The van der Waals surface area contributed by atoms with Crippen molar-refractivity contribution in [3.63, 3.8) is 0 Å². The number of nitrogens with one attached hydrogen (secondary N) is 1. The summed E-state index contributed by atoms with van der Waals surface area (Å²) in [6.45, 7) is 13.7. The molecule has 0 saturated heterocycles. The summed E-state index contributed by atoms with van der Waals surface area (Å²) in [7, 11) is 1.97. The third-order valence-electron chi connectivity index (χ3n) is 5.51. The molecule has 0 bridgehead atoms. The zero-order chi connectivity index (χ0) is 19.5. The summed E-state index contributed by atoms with van der Waals surface area (Å²) in [5, 5.41) is 12.5. The second-order valence-electron chi connectivity index (χ2n) is 8.43. The highest BCUT2D eigenvalue weighted by Gasteiger charge is 2.23. The van der Waals surface area contributed by atoms with Crippen molar-refractivity contribution in [2.75, 3.05) is 13.6 Å². The molecule has 0 heterocycles. The van der Waals surface area contributed by atoms with E-state index in [4.69, 9.17) is 0 Å². The van der Waals surface area contributed by atoms with E-state index < -0.39 is 0 Å². The standard InChI is InChI=1S/C19H28O.C5H13N/c1-4-14(2)17-8-10-18(11-9-17)19-7-5-6-16(13-19)12-15(3)20;1-5(2)4-6-3/h8-11,14,16,19-20H,3-7,12-13H2,1-2H3;5-6H,4H2,1-3H3. The van der Waals surface area contributed by atoms with Crippen molar-refractivity contribution < 1.29 is 5.11 Å². The summed E-state index contributed by atoms with van der Waals surface area (Å²) in [5.41, 5.74) is 2.93. The molecule has 3 atom stereocenters. The van der Waals surface area contributed by atoms with Crippen LogP contribution in [0.4, 0.5) is 0 Å². The number of benzene rings is 1. The number of allylic oxidation sites excluding steroid dienone is 1. The zero-order valence-corrected chi connectivity index (χ0v) is 17.7. The molecule has 1 aliphatic carbocycles. The van der Waals surface area contributed by atoms with Gasteiger partial charge in [-0.25, -0.2) is 0 Å². The molecule has 3 unspecified atom stereocenters. The maximum absolute atomic E-state index is 9.39. The fourth-order valence-corrected chi connectivity index (χ4v) is 3.85. The molecule has 0 aromatic heterocycles. The lowest BCUT2D eigenvalue weighted by Gasteiger charge is -2.29. The highest BCUT2D eigenvalue weighted by atomic mass is 16.3. The molecule has 26 heavy (non-hydrogen) atoms. The van der Waals surface area contributed by atoms with E-state index in [-0.39, 0.29) is 0 Å². The van der Waals surface area contributed by atoms with Gasteiger partial charge < -0.3 is 10.4 Å². The third kappa shape index (κ3) is 8.40. The van der Waals surface area contributed by atoms with Crippen molar-refractivity contribution in [3.05, 3.63) is 47.7 Å². The average Bonchev–Trinajstić information content (AvgIpc) is 2.61. The second kappa shape index (κ2) is 12.2. The van der Waals surface area contributed by atoms with E-state index in [1.165, 1.54) is 43.2 Å². The zero-order valence-electron chi connectivity index (χ0n) is 17.7. The fourth-order valence-electron chi connectivity index (χ4n) is 3.85. The van der Waals surface area contributed by atoms with Gasteiger partial charge in [-0.15, -0.1) is 0 Å². The Labute approximate surface area is 162 Å². The summed E-state index contributed by atoms with van der Waals surface area (Å²) in [4.78, 5) is 0. The van der Waals surface area contributed by atoms with Crippen LogP contribution in [-0.2, 0) is 0 Å². The lowest BCUT2D eigenvalue weighted by molar-refractivity contribution is 0.278. The monoisotopic (exact) mass is 359 g/mol. The number of rotatable bonds is 7. The molecule has 2 heteroatoms. The van der Waals surface area contributed by atoms with Crippen LogP contribution in [0.1, 0.15) is 89.2 Å². The smallest absolute Gasteiger partial charge is 0.0853 e. The summed E-state index contributed by atoms with van der Waals surface area (Å²) in [6, 6.07) is 9.25. The van der Waals surface area contributed by atoms with Crippen molar-refractivity contribution in [3.8, 4) is 0 Å². The Hall–Kier alpha value is -1.28. The van der Waals surface area contributed by atoms with Gasteiger partial charge in [-0.1, -0.05) is 65.0 Å². The molecule has 2 nitrogen and oxygen atoms in total. The molecule has 1 fully saturated rings. The van der Waals surface area contributed by atoms with Crippen LogP contribution in [0, 0.1) is 11.8 Å². The van der Waals surface area contributed by atoms with Crippen LogP contribution in [0.25, 0.3) is 0 Å². The molecular formula is C24H41NO. The SMILES string of the molecule is C=C(O)CC1CCCC(c2ccc(C(C)CC)cc2)C1.CNCC(C)C. The maximum Gasteiger partial charge on any atom is 0.0853 e. The van der Waals surface area contributed by atoms with Gasteiger partial charge in [0, 0.05) is 6.42 Å². The largest absolute Gasteiger partial charge is 0.513 e. The number of hydrogen-bond acceptors (Lipinski definition) is 2. The normalized spacial score (nSPS) is 21.0. The first-order chi connectivity index (χ1) is 12.4. The number of hydrogen-bond donors (Lipinski definition) is 2. The summed E-state index contributed by atoms with van der Waals surface area (Å²) in [5.74, 6) is 3.07. The van der Waals surface area contributed by atoms with Crippen LogP contribution < -0.4 is 5.32 Å². The summed E-state index contributed by atoms with van der Waals surface area (Å²) in [6.07, 6.45) is 6.97. The van der Waals surface area contributed by atoms with Crippen LogP contribution >= 0.6 is 0 Å². The van der Waals surface area contributed by atoms with Crippen LogP contribution in [0.2, 0.25) is 0 Å². The first-order valence-corrected chi connectivity index (χ1v) is 10.5. The quantitative estimate of drug-likeness (QED) is 0.525. The molecule has 1 saturated carbocycles. The topological polar surface area (TPSA) is 32.3 Å². The predicted molar refractivity (Wildman–Crippen MR) is 115 cm³/mol. The number of aliphatic hydroxyl groups is 1. The van der Waals surface area contributed by atoms with Gasteiger partial charge in [-0.2, -0.15) is 0 Å². The fraction of sp³-hybridized carbons (Fsp3) is 0.667. The Bertz CT molecular complexity index is 505. The van der Waals surface area contributed by atoms with Crippen LogP contribution in [-0.4, -0.2) is 18.7 Å². The number of aliphatic hydroxyl groups excluding tert-OH is 1. The van der Waals surface area contributed by atoms with Gasteiger partial charge in [-0.3, -0.25) is 0 Å². The van der Waals surface area contributed by atoms with E-state index in [1.54, 1.807) is 0 Å². The van der Waals surface area contributed by atoms with Crippen molar-refractivity contribution in [1.82, 2.24) is 5.32 Å².